The van der Waals surface area contributed by atoms with Gasteiger partial charge in [0.15, 0.2) is 0 Å². The maximum Gasteiger partial charge on any atom is 0.0653 e. The molecule has 0 aromatic rings. The lowest BCUT2D eigenvalue weighted by Gasteiger charge is -2.31. The van der Waals surface area contributed by atoms with E-state index in [9.17, 15) is 0 Å². The van der Waals surface area contributed by atoms with Gasteiger partial charge in [0.1, 0.15) is 0 Å². The van der Waals surface area contributed by atoms with E-state index in [0.717, 1.165) is 39.1 Å². The maximum atomic E-state index is 5.42. The number of likely N-dealkylation sites (N-methyl/N-ethyl adjacent to an activating group) is 1. The fourth-order valence-corrected chi connectivity index (χ4v) is 3.07. The first-order valence-electron chi connectivity index (χ1n) is 7.50. The summed E-state index contributed by atoms with van der Waals surface area (Å²) in [7, 11) is 4.27. The van der Waals surface area contributed by atoms with Crippen molar-refractivity contribution in [2.45, 2.75) is 18.9 Å². The van der Waals surface area contributed by atoms with Crippen LogP contribution in [-0.2, 0) is 4.74 Å². The fourth-order valence-electron chi connectivity index (χ4n) is 3.07. The number of hydrogen-bond acceptors (Lipinski definition) is 3. The van der Waals surface area contributed by atoms with Gasteiger partial charge in [0, 0.05) is 19.3 Å². The molecule has 3 rings (SSSR count). The van der Waals surface area contributed by atoms with Gasteiger partial charge in [-0.1, -0.05) is 18.2 Å². The monoisotopic (exact) mass is 272 g/mol. The van der Waals surface area contributed by atoms with Gasteiger partial charge < -0.3 is 14.5 Å². The Morgan fingerprint density at radius 1 is 1.30 bits per heavy atom. The van der Waals surface area contributed by atoms with E-state index in [1.807, 2.05) is 0 Å². The molecule has 2 heterocycles. The largest absolute Gasteiger partial charge is 0.377 e. The van der Waals surface area contributed by atoms with Gasteiger partial charge in [-0.05, 0) is 49.7 Å². The molecule has 3 nitrogen and oxygen atoms in total. The van der Waals surface area contributed by atoms with E-state index in [1.54, 1.807) is 0 Å². The van der Waals surface area contributed by atoms with Crippen LogP contribution in [0.4, 0.5) is 0 Å². The first-order valence-corrected chi connectivity index (χ1v) is 7.50. The van der Waals surface area contributed by atoms with Crippen LogP contribution in [0.1, 0.15) is 12.8 Å². The molecule has 3 heteroatoms. The third kappa shape index (κ3) is 2.89. The van der Waals surface area contributed by atoms with Crippen LogP contribution in [-0.4, -0.2) is 56.2 Å². The number of nitrogens with zero attached hydrogens (tertiary/aromatic N) is 2. The van der Waals surface area contributed by atoms with Gasteiger partial charge in [-0.3, -0.25) is 0 Å². The minimum Gasteiger partial charge on any atom is -0.377 e. The molecule has 0 saturated heterocycles. The highest BCUT2D eigenvalue weighted by molar-refractivity contribution is 5.46. The second-order valence-electron chi connectivity index (χ2n) is 5.99. The number of rotatable bonds is 4. The first kappa shape index (κ1) is 13.7. The fraction of sp³-hybridized carbons (Fsp3) is 0.529. The van der Waals surface area contributed by atoms with Crippen molar-refractivity contribution in [1.29, 1.82) is 0 Å². The summed E-state index contributed by atoms with van der Waals surface area (Å²) in [4.78, 5) is 4.73. The van der Waals surface area contributed by atoms with Crippen LogP contribution < -0.4 is 0 Å². The normalized spacial score (nSPS) is 25.4. The molecule has 0 radical (unpaired) electrons. The lowest BCUT2D eigenvalue weighted by Crippen LogP contribution is -2.35. The number of fused-ring (bicyclic) bond motifs is 1. The van der Waals surface area contributed by atoms with Crippen molar-refractivity contribution in [3.8, 4) is 0 Å². The van der Waals surface area contributed by atoms with E-state index in [1.165, 1.54) is 16.7 Å². The van der Waals surface area contributed by atoms with E-state index in [4.69, 9.17) is 4.74 Å². The second kappa shape index (κ2) is 5.98. The summed E-state index contributed by atoms with van der Waals surface area (Å²) in [5.74, 6) is 0. The third-order valence-corrected chi connectivity index (χ3v) is 4.31. The van der Waals surface area contributed by atoms with Crippen LogP contribution in [0, 0.1) is 0 Å². The van der Waals surface area contributed by atoms with Crippen LogP contribution in [0.5, 0.6) is 0 Å². The van der Waals surface area contributed by atoms with E-state index >= 15 is 0 Å². The molecular weight excluding hydrogens is 248 g/mol. The van der Waals surface area contributed by atoms with Gasteiger partial charge in [0.05, 0.1) is 19.3 Å². The van der Waals surface area contributed by atoms with E-state index in [0.29, 0.717) is 6.04 Å². The molecule has 0 saturated carbocycles. The molecule has 1 unspecified atom stereocenters. The van der Waals surface area contributed by atoms with Gasteiger partial charge in [-0.2, -0.15) is 0 Å². The molecule has 1 aliphatic carbocycles. The van der Waals surface area contributed by atoms with Crippen molar-refractivity contribution in [2.24, 2.45) is 0 Å². The average molecular weight is 272 g/mol. The van der Waals surface area contributed by atoms with E-state index < -0.39 is 0 Å². The van der Waals surface area contributed by atoms with Crippen LogP contribution in [0.3, 0.4) is 0 Å². The minimum atomic E-state index is 0.540. The third-order valence-electron chi connectivity index (χ3n) is 4.31. The Bertz CT molecular complexity index is 485. The Hall–Kier alpha value is -1.32. The Balaban J connectivity index is 1.69. The molecule has 3 aliphatic rings. The van der Waals surface area contributed by atoms with Crippen molar-refractivity contribution in [2.75, 3.05) is 40.4 Å². The zero-order valence-electron chi connectivity index (χ0n) is 12.5. The lowest BCUT2D eigenvalue weighted by atomic mass is 9.88. The van der Waals surface area contributed by atoms with Crippen LogP contribution >= 0.6 is 0 Å². The SMILES string of the molecule is CN(C)CCN1C=CC2=CC=C(C3=CCOCC3)CC21. The molecule has 0 aromatic carbocycles. The van der Waals surface area contributed by atoms with Crippen molar-refractivity contribution in [3.05, 3.63) is 47.2 Å². The van der Waals surface area contributed by atoms with Gasteiger partial charge in [0.2, 0.25) is 0 Å². The summed E-state index contributed by atoms with van der Waals surface area (Å²) in [5, 5.41) is 0. The summed E-state index contributed by atoms with van der Waals surface area (Å²) in [6.07, 6.45) is 13.6. The molecule has 108 valence electrons. The standard InChI is InChI=1S/C17H24N2O/c1-18(2)9-10-19-8-5-15-3-4-16(13-17(15)19)14-6-11-20-12-7-14/h3-6,8,17H,7,9-13H2,1-2H3. The molecular formula is C17H24N2O. The summed E-state index contributed by atoms with van der Waals surface area (Å²) >= 11 is 0. The van der Waals surface area contributed by atoms with Gasteiger partial charge in [-0.15, -0.1) is 0 Å². The summed E-state index contributed by atoms with van der Waals surface area (Å²) in [6.45, 7) is 3.84. The highest BCUT2D eigenvalue weighted by Gasteiger charge is 2.27. The molecule has 20 heavy (non-hydrogen) atoms. The van der Waals surface area contributed by atoms with Crippen LogP contribution in [0.15, 0.2) is 47.2 Å². The molecule has 0 aromatic heterocycles. The molecule has 0 spiro atoms. The smallest absolute Gasteiger partial charge is 0.0653 e. The maximum absolute atomic E-state index is 5.42. The zero-order chi connectivity index (χ0) is 13.9. The summed E-state index contributed by atoms with van der Waals surface area (Å²) in [5.41, 5.74) is 4.45. The van der Waals surface area contributed by atoms with Gasteiger partial charge in [-0.25, -0.2) is 0 Å². The van der Waals surface area contributed by atoms with Crippen molar-refractivity contribution in [3.63, 3.8) is 0 Å². The molecule has 2 aliphatic heterocycles. The van der Waals surface area contributed by atoms with Gasteiger partial charge >= 0.3 is 0 Å². The van der Waals surface area contributed by atoms with Crippen LogP contribution in [0.2, 0.25) is 0 Å². The van der Waals surface area contributed by atoms with E-state index in [2.05, 4.69) is 54.4 Å². The van der Waals surface area contributed by atoms with Gasteiger partial charge in [0.25, 0.3) is 0 Å². The molecule has 0 N–H and O–H groups in total. The van der Waals surface area contributed by atoms with Crippen molar-refractivity contribution in [1.82, 2.24) is 9.80 Å². The highest BCUT2D eigenvalue weighted by atomic mass is 16.5. The van der Waals surface area contributed by atoms with Crippen molar-refractivity contribution < 1.29 is 4.74 Å². The molecule has 0 amide bonds. The molecule has 1 atom stereocenters. The molecule has 0 bridgehead atoms. The average Bonchev–Trinajstić information content (AvgIpc) is 2.88. The Morgan fingerprint density at radius 2 is 2.20 bits per heavy atom. The molecule has 0 fully saturated rings. The Labute approximate surface area is 121 Å². The summed E-state index contributed by atoms with van der Waals surface area (Å²) in [6, 6.07) is 0.540. The number of allylic oxidation sites excluding steroid dienone is 2. The number of ether oxygens (including phenoxy) is 1. The van der Waals surface area contributed by atoms with Crippen molar-refractivity contribution >= 4 is 0 Å². The lowest BCUT2D eigenvalue weighted by molar-refractivity contribution is 0.155. The zero-order valence-corrected chi connectivity index (χ0v) is 12.5. The predicted octanol–water partition coefficient (Wildman–Crippen LogP) is 2.35. The topological polar surface area (TPSA) is 15.7 Å². The van der Waals surface area contributed by atoms with Crippen LogP contribution in [0.25, 0.3) is 0 Å². The highest BCUT2D eigenvalue weighted by Crippen LogP contribution is 2.34. The second-order valence-corrected chi connectivity index (χ2v) is 5.99. The predicted molar refractivity (Wildman–Crippen MR) is 82.5 cm³/mol. The quantitative estimate of drug-likeness (QED) is 0.781. The van der Waals surface area contributed by atoms with E-state index in [-0.39, 0.29) is 0 Å². The Kier molecular flexibility index (Phi) is 4.08. The minimum absolute atomic E-state index is 0.540. The Morgan fingerprint density at radius 3 is 2.95 bits per heavy atom. The first-order chi connectivity index (χ1) is 9.74. The number of hydrogen-bond donors (Lipinski definition) is 0. The summed E-state index contributed by atoms with van der Waals surface area (Å²) < 4.78 is 5.42.